The van der Waals surface area contributed by atoms with Crippen molar-refractivity contribution in [2.45, 2.75) is 12.8 Å². The predicted octanol–water partition coefficient (Wildman–Crippen LogP) is 7.43. The molecule has 2 aromatic carbocycles. The third-order valence-corrected chi connectivity index (χ3v) is 5.80. The quantitative estimate of drug-likeness (QED) is 0.327. The maximum atomic E-state index is 14.3. The molecule has 1 aromatic heterocycles. The Balaban J connectivity index is 1.86. The second-order valence-corrected chi connectivity index (χ2v) is 8.50. The first-order valence-electron chi connectivity index (χ1n) is 8.30. The molecule has 1 heterocycles. The molecule has 3 aromatic rings. The van der Waals surface area contributed by atoms with Gasteiger partial charge in [0.15, 0.2) is 0 Å². The molecule has 0 radical (unpaired) electrons. The highest BCUT2D eigenvalue weighted by Crippen LogP contribution is 2.34. The molecule has 0 saturated carbocycles. The number of anilines is 1. The van der Waals surface area contributed by atoms with Crippen LogP contribution >= 0.6 is 55.1 Å². The number of nitrogens with zero attached hydrogens (tertiary/aromatic N) is 1. The van der Waals surface area contributed by atoms with Gasteiger partial charge in [0, 0.05) is 22.5 Å². The van der Waals surface area contributed by atoms with Crippen molar-refractivity contribution < 1.29 is 13.6 Å². The number of rotatable bonds is 5. The monoisotopic (exact) mass is 562 g/mol. The molecule has 150 valence electrons. The summed E-state index contributed by atoms with van der Waals surface area (Å²) in [5.74, 6) is -1.74. The molecule has 0 spiro atoms. The van der Waals surface area contributed by atoms with Crippen LogP contribution in [0.2, 0.25) is 10.0 Å². The third-order valence-electron chi connectivity index (χ3n) is 4.05. The molecule has 0 saturated heterocycles. The minimum absolute atomic E-state index is 0.0687. The number of halogens is 6. The smallest absolute Gasteiger partial charge is 0.224 e. The zero-order chi connectivity index (χ0) is 21.1. The van der Waals surface area contributed by atoms with Gasteiger partial charge in [0.2, 0.25) is 5.91 Å². The van der Waals surface area contributed by atoms with Crippen LogP contribution in [0.4, 0.5) is 14.5 Å². The summed E-state index contributed by atoms with van der Waals surface area (Å²) in [5, 5.41) is 3.34. The van der Waals surface area contributed by atoms with Gasteiger partial charge in [0.25, 0.3) is 0 Å². The van der Waals surface area contributed by atoms with Gasteiger partial charge in [-0.15, -0.1) is 0 Å². The Bertz CT molecular complexity index is 1080. The zero-order valence-corrected chi connectivity index (χ0v) is 19.3. The number of hydrogen-bond acceptors (Lipinski definition) is 2. The van der Waals surface area contributed by atoms with Gasteiger partial charge in [0.1, 0.15) is 16.2 Å². The second-order valence-electron chi connectivity index (χ2n) is 6.02. The van der Waals surface area contributed by atoms with E-state index in [1.54, 1.807) is 24.3 Å². The van der Waals surface area contributed by atoms with E-state index in [2.05, 4.69) is 42.2 Å². The van der Waals surface area contributed by atoms with Crippen LogP contribution in [0.3, 0.4) is 0 Å². The lowest BCUT2D eigenvalue weighted by atomic mass is 10.0. The van der Waals surface area contributed by atoms with Crippen LogP contribution in [0.5, 0.6) is 0 Å². The fourth-order valence-electron chi connectivity index (χ4n) is 2.71. The normalized spacial score (nSPS) is 10.8. The number of benzene rings is 2. The zero-order valence-electron chi connectivity index (χ0n) is 14.6. The highest BCUT2D eigenvalue weighted by molar-refractivity contribution is 9.11. The lowest BCUT2D eigenvalue weighted by Gasteiger charge is -2.13. The van der Waals surface area contributed by atoms with E-state index in [0.29, 0.717) is 36.1 Å². The predicted molar refractivity (Wildman–Crippen MR) is 118 cm³/mol. The lowest BCUT2D eigenvalue weighted by molar-refractivity contribution is -0.116. The summed E-state index contributed by atoms with van der Waals surface area (Å²) >= 11 is 18.9. The first-order chi connectivity index (χ1) is 13.8. The first kappa shape index (κ1) is 22.2. The van der Waals surface area contributed by atoms with Crippen molar-refractivity contribution in [1.29, 1.82) is 0 Å². The van der Waals surface area contributed by atoms with Crippen LogP contribution in [0.1, 0.15) is 12.0 Å². The average molecular weight is 565 g/mol. The number of carbonyl (C=O) groups is 1. The molecule has 1 amide bonds. The Morgan fingerprint density at radius 3 is 2.41 bits per heavy atom. The van der Waals surface area contributed by atoms with Gasteiger partial charge >= 0.3 is 0 Å². The molecular weight excluding hydrogens is 553 g/mol. The molecule has 3 rings (SSSR count). The number of hydrogen-bond donors (Lipinski definition) is 1. The van der Waals surface area contributed by atoms with E-state index in [1.165, 1.54) is 6.07 Å². The highest BCUT2D eigenvalue weighted by atomic mass is 79.9. The molecule has 9 heteroatoms. The maximum absolute atomic E-state index is 14.3. The summed E-state index contributed by atoms with van der Waals surface area (Å²) < 4.78 is 28.7. The summed E-state index contributed by atoms with van der Waals surface area (Å²) in [6, 6.07) is 9.88. The van der Waals surface area contributed by atoms with Crippen molar-refractivity contribution in [2.24, 2.45) is 0 Å². The number of amides is 1. The van der Waals surface area contributed by atoms with Crippen molar-refractivity contribution in [1.82, 2.24) is 4.98 Å². The van der Waals surface area contributed by atoms with Crippen LogP contribution in [0, 0.1) is 11.6 Å². The van der Waals surface area contributed by atoms with Gasteiger partial charge in [-0.2, -0.15) is 0 Å². The van der Waals surface area contributed by atoms with E-state index in [0.717, 1.165) is 12.1 Å². The summed E-state index contributed by atoms with van der Waals surface area (Å²) in [6.07, 6.45) is 0.320. The van der Waals surface area contributed by atoms with E-state index in [1.807, 2.05) is 0 Å². The van der Waals surface area contributed by atoms with E-state index in [9.17, 15) is 13.6 Å². The van der Waals surface area contributed by atoms with Crippen molar-refractivity contribution in [3.05, 3.63) is 78.8 Å². The summed E-state index contributed by atoms with van der Waals surface area (Å²) in [5.41, 5.74) is 1.39. The van der Waals surface area contributed by atoms with Gasteiger partial charge in [-0.1, -0.05) is 45.2 Å². The Morgan fingerprint density at radius 1 is 1.07 bits per heavy atom. The number of para-hydroxylation sites is 1. The second kappa shape index (κ2) is 9.51. The Morgan fingerprint density at radius 2 is 1.76 bits per heavy atom. The molecule has 0 bridgehead atoms. The van der Waals surface area contributed by atoms with Gasteiger partial charge in [-0.05, 0) is 58.2 Å². The van der Waals surface area contributed by atoms with Crippen molar-refractivity contribution >= 4 is 66.7 Å². The summed E-state index contributed by atoms with van der Waals surface area (Å²) in [4.78, 5) is 16.8. The summed E-state index contributed by atoms with van der Waals surface area (Å²) in [6.45, 7) is 0. The van der Waals surface area contributed by atoms with Crippen LogP contribution in [0.25, 0.3) is 11.3 Å². The number of nitrogens with one attached hydrogen (secondary N) is 1. The molecule has 0 atom stereocenters. The minimum Gasteiger partial charge on any atom is -0.324 e. The topological polar surface area (TPSA) is 42.0 Å². The van der Waals surface area contributed by atoms with Crippen LogP contribution in [0.15, 0.2) is 51.5 Å². The fraction of sp³-hybridized carbons (Fsp3) is 0.100. The van der Waals surface area contributed by atoms with Gasteiger partial charge < -0.3 is 5.32 Å². The Kier molecular flexibility index (Phi) is 7.27. The molecule has 0 aliphatic carbocycles. The Hall–Kier alpha value is -1.54. The molecule has 3 nitrogen and oxygen atoms in total. The summed E-state index contributed by atoms with van der Waals surface area (Å²) in [7, 11) is 0. The number of carbonyl (C=O) groups excluding carboxylic acids is 1. The van der Waals surface area contributed by atoms with Crippen molar-refractivity contribution in [3.8, 4) is 11.3 Å². The standard InChI is InChI=1S/C20H12Br2Cl2F2N2O/c21-13-9-17(22)27-19(12-5-4-10(25)8-16(12)26)11(13)6-7-18(29)28-20-14(23)2-1-3-15(20)24/h1-5,8-9H,6-7H2,(H,28,29). The lowest BCUT2D eigenvalue weighted by Crippen LogP contribution is -2.13. The van der Waals surface area contributed by atoms with Crippen LogP contribution < -0.4 is 5.32 Å². The highest BCUT2D eigenvalue weighted by Gasteiger charge is 2.18. The number of pyridine rings is 1. The third kappa shape index (κ3) is 5.34. The van der Waals surface area contributed by atoms with Gasteiger partial charge in [-0.25, -0.2) is 13.8 Å². The van der Waals surface area contributed by atoms with Gasteiger partial charge in [-0.3, -0.25) is 4.79 Å². The maximum Gasteiger partial charge on any atom is 0.224 e. The van der Waals surface area contributed by atoms with Gasteiger partial charge in [0.05, 0.1) is 21.4 Å². The van der Waals surface area contributed by atoms with E-state index in [-0.39, 0.29) is 24.3 Å². The molecule has 0 aliphatic heterocycles. The fourth-order valence-corrected chi connectivity index (χ4v) is 4.52. The molecule has 29 heavy (non-hydrogen) atoms. The van der Waals surface area contributed by atoms with E-state index in [4.69, 9.17) is 23.2 Å². The molecule has 0 unspecified atom stereocenters. The first-order valence-corrected chi connectivity index (χ1v) is 10.6. The minimum atomic E-state index is -0.740. The van der Waals surface area contributed by atoms with Crippen molar-refractivity contribution in [2.75, 3.05) is 5.32 Å². The van der Waals surface area contributed by atoms with Crippen LogP contribution in [-0.4, -0.2) is 10.9 Å². The average Bonchev–Trinajstić information content (AvgIpc) is 2.63. The SMILES string of the molecule is O=C(CCc1c(Br)cc(Br)nc1-c1ccc(F)cc1F)Nc1c(Cl)cccc1Cl. The van der Waals surface area contributed by atoms with E-state index < -0.39 is 11.6 Å². The Labute approximate surface area is 192 Å². The molecule has 1 N–H and O–H groups in total. The molecular formula is C20H12Br2Cl2F2N2O. The number of aromatic nitrogens is 1. The molecule has 0 fully saturated rings. The van der Waals surface area contributed by atoms with E-state index >= 15 is 0 Å². The molecule has 0 aliphatic rings. The van der Waals surface area contributed by atoms with Crippen molar-refractivity contribution in [3.63, 3.8) is 0 Å². The van der Waals surface area contributed by atoms with Crippen LogP contribution in [-0.2, 0) is 11.2 Å². The largest absolute Gasteiger partial charge is 0.324 e.